The zero-order chi connectivity index (χ0) is 14.6. The summed E-state index contributed by atoms with van der Waals surface area (Å²) >= 11 is 0. The third kappa shape index (κ3) is 4.74. The zero-order valence-corrected chi connectivity index (χ0v) is 13.1. The van der Waals surface area contributed by atoms with Crippen molar-refractivity contribution >= 4 is 5.97 Å². The van der Waals surface area contributed by atoms with Gasteiger partial charge in [0.05, 0.1) is 6.42 Å². The molecule has 0 aromatic heterocycles. The normalized spacial score (nSPS) is 29.0. The highest BCUT2D eigenvalue weighted by atomic mass is 16.4. The monoisotopic (exact) mass is 282 g/mol. The van der Waals surface area contributed by atoms with Gasteiger partial charge in [0.1, 0.15) is 0 Å². The van der Waals surface area contributed by atoms with E-state index in [1.807, 2.05) is 0 Å². The van der Waals surface area contributed by atoms with Crippen LogP contribution in [0.1, 0.15) is 52.4 Å². The Bertz CT molecular complexity index is 322. The van der Waals surface area contributed by atoms with Crippen LogP contribution in [0.15, 0.2) is 0 Å². The van der Waals surface area contributed by atoms with Crippen molar-refractivity contribution < 1.29 is 9.90 Å². The van der Waals surface area contributed by atoms with Crippen LogP contribution in [0.2, 0.25) is 0 Å². The zero-order valence-electron chi connectivity index (χ0n) is 13.1. The first-order valence-electron chi connectivity index (χ1n) is 8.14. The summed E-state index contributed by atoms with van der Waals surface area (Å²) in [5.74, 6) is -0.682. The molecule has 1 aliphatic heterocycles. The molecular weight excluding hydrogens is 252 g/mol. The first-order valence-corrected chi connectivity index (χ1v) is 8.14. The fourth-order valence-corrected chi connectivity index (χ4v) is 3.61. The lowest BCUT2D eigenvalue weighted by atomic mass is 9.85. The Labute approximate surface area is 123 Å². The summed E-state index contributed by atoms with van der Waals surface area (Å²) in [5, 5.41) is 8.74. The van der Waals surface area contributed by atoms with Gasteiger partial charge in [-0.25, -0.2) is 0 Å². The smallest absolute Gasteiger partial charge is 0.304 e. The van der Waals surface area contributed by atoms with Crippen molar-refractivity contribution in [3.63, 3.8) is 0 Å². The van der Waals surface area contributed by atoms with Gasteiger partial charge in [-0.3, -0.25) is 9.69 Å². The molecule has 116 valence electrons. The van der Waals surface area contributed by atoms with Crippen molar-refractivity contribution in [1.82, 2.24) is 9.80 Å². The maximum absolute atomic E-state index is 10.6. The first kappa shape index (κ1) is 15.8. The molecule has 2 aliphatic rings. The first-order chi connectivity index (χ1) is 9.46. The molecule has 1 aliphatic carbocycles. The van der Waals surface area contributed by atoms with Crippen molar-refractivity contribution in [2.75, 3.05) is 32.7 Å². The van der Waals surface area contributed by atoms with Crippen molar-refractivity contribution in [2.24, 2.45) is 5.41 Å². The number of carbonyl (C=O) groups is 1. The van der Waals surface area contributed by atoms with Gasteiger partial charge >= 0.3 is 5.97 Å². The fraction of sp³-hybridized carbons (Fsp3) is 0.938. The number of aliphatic carboxylic acids is 1. The summed E-state index contributed by atoms with van der Waals surface area (Å²) in [5.41, 5.74) is 0.526. The number of carboxylic acid groups (broad SMARTS) is 1. The molecule has 2 fully saturated rings. The number of rotatable bonds is 4. The lowest BCUT2D eigenvalue weighted by molar-refractivity contribution is -0.137. The molecule has 1 atom stereocenters. The van der Waals surface area contributed by atoms with Crippen LogP contribution < -0.4 is 0 Å². The Kier molecular flexibility index (Phi) is 5.44. The Morgan fingerprint density at radius 1 is 1.15 bits per heavy atom. The maximum Gasteiger partial charge on any atom is 0.304 e. The highest BCUT2D eigenvalue weighted by Crippen LogP contribution is 2.35. The third-order valence-electron chi connectivity index (χ3n) is 5.11. The van der Waals surface area contributed by atoms with Gasteiger partial charge in [-0.05, 0) is 31.1 Å². The maximum atomic E-state index is 10.6. The Hall–Kier alpha value is -0.610. The Morgan fingerprint density at radius 3 is 2.50 bits per heavy atom. The summed E-state index contributed by atoms with van der Waals surface area (Å²) in [6.45, 7) is 9.81. The van der Waals surface area contributed by atoms with Crippen LogP contribution in [-0.4, -0.2) is 59.6 Å². The van der Waals surface area contributed by atoms with E-state index in [9.17, 15) is 4.79 Å². The third-order valence-corrected chi connectivity index (χ3v) is 5.11. The van der Waals surface area contributed by atoms with Crippen molar-refractivity contribution in [3.05, 3.63) is 0 Å². The number of piperazine rings is 1. The molecule has 20 heavy (non-hydrogen) atoms. The van der Waals surface area contributed by atoms with Gasteiger partial charge in [0.2, 0.25) is 0 Å². The highest BCUT2D eigenvalue weighted by Gasteiger charge is 2.29. The molecule has 1 N–H and O–H groups in total. The molecule has 1 saturated heterocycles. The number of hydrogen-bond acceptors (Lipinski definition) is 3. The van der Waals surface area contributed by atoms with E-state index in [1.165, 1.54) is 32.1 Å². The van der Waals surface area contributed by atoms with Gasteiger partial charge in [-0.2, -0.15) is 0 Å². The lowest BCUT2D eigenvalue weighted by Gasteiger charge is -2.39. The van der Waals surface area contributed by atoms with E-state index in [0.717, 1.165) is 32.2 Å². The Balaban J connectivity index is 1.74. The predicted octanol–water partition coefficient (Wildman–Crippen LogP) is 2.44. The molecule has 1 heterocycles. The minimum atomic E-state index is -0.682. The summed E-state index contributed by atoms with van der Waals surface area (Å²) < 4.78 is 0. The summed E-state index contributed by atoms with van der Waals surface area (Å²) in [7, 11) is 0. The van der Waals surface area contributed by atoms with Gasteiger partial charge < -0.3 is 10.0 Å². The SMILES string of the molecule is CC1(C)CCCC(N2CCN(CCC(=O)O)CC2)CC1. The van der Waals surface area contributed by atoms with Crippen molar-refractivity contribution in [3.8, 4) is 0 Å². The van der Waals surface area contributed by atoms with E-state index in [4.69, 9.17) is 5.11 Å². The minimum absolute atomic E-state index is 0.275. The second-order valence-electron chi connectivity index (χ2n) is 7.27. The molecular formula is C16H30N2O2. The van der Waals surface area contributed by atoms with E-state index >= 15 is 0 Å². The molecule has 1 saturated carbocycles. The molecule has 0 amide bonds. The van der Waals surface area contributed by atoms with Crippen LogP contribution in [0.5, 0.6) is 0 Å². The van der Waals surface area contributed by atoms with Crippen LogP contribution in [0.4, 0.5) is 0 Å². The fourth-order valence-electron chi connectivity index (χ4n) is 3.61. The molecule has 4 heteroatoms. The average molecular weight is 282 g/mol. The van der Waals surface area contributed by atoms with Crippen LogP contribution in [0.25, 0.3) is 0 Å². The van der Waals surface area contributed by atoms with Gasteiger partial charge in [0.25, 0.3) is 0 Å². The topological polar surface area (TPSA) is 43.8 Å². The van der Waals surface area contributed by atoms with E-state index in [1.54, 1.807) is 0 Å². The molecule has 0 radical (unpaired) electrons. The Morgan fingerprint density at radius 2 is 1.85 bits per heavy atom. The summed E-state index contributed by atoms with van der Waals surface area (Å²) in [4.78, 5) is 15.6. The van der Waals surface area contributed by atoms with Gasteiger partial charge in [-0.15, -0.1) is 0 Å². The summed E-state index contributed by atoms with van der Waals surface area (Å²) in [6.07, 6.45) is 7.02. The quantitative estimate of drug-likeness (QED) is 0.804. The number of nitrogens with zero attached hydrogens (tertiary/aromatic N) is 2. The summed E-state index contributed by atoms with van der Waals surface area (Å²) in [6, 6.07) is 0.762. The second-order valence-corrected chi connectivity index (χ2v) is 7.27. The molecule has 0 bridgehead atoms. The standard InChI is InChI=1S/C16H30N2O2/c1-16(2)7-3-4-14(5-8-16)18-12-10-17(11-13-18)9-6-15(19)20/h14H,3-13H2,1-2H3,(H,19,20). The molecule has 4 nitrogen and oxygen atoms in total. The van der Waals surface area contributed by atoms with Gasteiger partial charge in [0, 0.05) is 38.8 Å². The highest BCUT2D eigenvalue weighted by molar-refractivity contribution is 5.66. The molecule has 1 unspecified atom stereocenters. The molecule has 0 spiro atoms. The number of hydrogen-bond donors (Lipinski definition) is 1. The number of carboxylic acids is 1. The van der Waals surface area contributed by atoms with Gasteiger partial charge in [-0.1, -0.05) is 20.3 Å². The molecule has 2 rings (SSSR count). The van der Waals surface area contributed by atoms with E-state index in [-0.39, 0.29) is 6.42 Å². The van der Waals surface area contributed by atoms with Crippen molar-refractivity contribution in [1.29, 1.82) is 0 Å². The van der Waals surface area contributed by atoms with E-state index in [2.05, 4.69) is 23.6 Å². The van der Waals surface area contributed by atoms with E-state index in [0.29, 0.717) is 12.0 Å². The lowest BCUT2D eigenvalue weighted by Crippen LogP contribution is -2.50. The second kappa shape index (κ2) is 6.90. The van der Waals surface area contributed by atoms with Crippen LogP contribution in [0, 0.1) is 5.41 Å². The van der Waals surface area contributed by atoms with Gasteiger partial charge in [0.15, 0.2) is 0 Å². The van der Waals surface area contributed by atoms with Crippen LogP contribution in [0.3, 0.4) is 0 Å². The minimum Gasteiger partial charge on any atom is -0.481 e. The predicted molar refractivity (Wildman–Crippen MR) is 80.9 cm³/mol. The molecule has 0 aromatic rings. The van der Waals surface area contributed by atoms with Crippen LogP contribution >= 0.6 is 0 Å². The average Bonchev–Trinajstić information content (AvgIpc) is 2.58. The van der Waals surface area contributed by atoms with Crippen molar-refractivity contribution in [2.45, 2.75) is 58.4 Å². The van der Waals surface area contributed by atoms with E-state index < -0.39 is 5.97 Å². The van der Waals surface area contributed by atoms with Crippen LogP contribution in [-0.2, 0) is 4.79 Å². The largest absolute Gasteiger partial charge is 0.481 e. The molecule has 0 aromatic carbocycles.